The number of carbonyl (C=O) groups is 2. The molecule has 0 fully saturated rings. The Bertz CT molecular complexity index is 932. The zero-order valence-corrected chi connectivity index (χ0v) is 16.8. The SMILES string of the molecule is CC/C(NCc1ccc(Cl)cc1)=C(/C#N)C(=O)NC(=O)Nc1ccc(OC)cc1. The van der Waals surface area contributed by atoms with Gasteiger partial charge in [0.05, 0.1) is 7.11 Å². The Morgan fingerprint density at radius 3 is 2.31 bits per heavy atom. The van der Waals surface area contributed by atoms with E-state index in [2.05, 4.69) is 16.0 Å². The predicted octanol–water partition coefficient (Wildman–Crippen LogP) is 3.97. The smallest absolute Gasteiger partial charge is 0.326 e. The van der Waals surface area contributed by atoms with Crippen molar-refractivity contribution < 1.29 is 14.3 Å². The fraction of sp³-hybridized carbons (Fsp3) is 0.190. The fourth-order valence-corrected chi connectivity index (χ4v) is 2.58. The molecule has 0 aromatic heterocycles. The van der Waals surface area contributed by atoms with Gasteiger partial charge in [-0.15, -0.1) is 0 Å². The van der Waals surface area contributed by atoms with E-state index in [1.165, 1.54) is 7.11 Å². The maximum atomic E-state index is 12.4. The van der Waals surface area contributed by atoms with Gasteiger partial charge in [-0.3, -0.25) is 10.1 Å². The number of anilines is 1. The van der Waals surface area contributed by atoms with Gasteiger partial charge in [0.15, 0.2) is 0 Å². The van der Waals surface area contributed by atoms with Crippen LogP contribution in [0.15, 0.2) is 59.8 Å². The van der Waals surface area contributed by atoms with Gasteiger partial charge in [-0.05, 0) is 48.4 Å². The summed E-state index contributed by atoms with van der Waals surface area (Å²) in [5.41, 5.74) is 1.72. The highest BCUT2D eigenvalue weighted by atomic mass is 35.5. The number of hydrogen-bond acceptors (Lipinski definition) is 5. The number of urea groups is 1. The van der Waals surface area contributed by atoms with E-state index < -0.39 is 11.9 Å². The topological polar surface area (TPSA) is 103 Å². The van der Waals surface area contributed by atoms with Crippen LogP contribution >= 0.6 is 11.6 Å². The van der Waals surface area contributed by atoms with E-state index in [-0.39, 0.29) is 5.57 Å². The molecule has 0 saturated heterocycles. The van der Waals surface area contributed by atoms with E-state index in [4.69, 9.17) is 16.3 Å². The maximum absolute atomic E-state index is 12.4. The number of benzene rings is 2. The van der Waals surface area contributed by atoms with Crippen LogP contribution < -0.4 is 20.7 Å². The quantitative estimate of drug-likeness (QED) is 0.471. The fourth-order valence-electron chi connectivity index (χ4n) is 2.46. The van der Waals surface area contributed by atoms with Crippen LogP contribution in [-0.2, 0) is 11.3 Å². The normalized spacial score (nSPS) is 11.0. The van der Waals surface area contributed by atoms with Crippen LogP contribution in [0, 0.1) is 11.3 Å². The third kappa shape index (κ3) is 6.55. The van der Waals surface area contributed by atoms with Crippen LogP contribution in [0.2, 0.25) is 5.02 Å². The average molecular weight is 413 g/mol. The number of amides is 3. The summed E-state index contributed by atoms with van der Waals surface area (Å²) in [6.07, 6.45) is 0.421. The Morgan fingerprint density at radius 2 is 1.76 bits per heavy atom. The van der Waals surface area contributed by atoms with Crippen molar-refractivity contribution in [2.75, 3.05) is 12.4 Å². The number of nitriles is 1. The van der Waals surface area contributed by atoms with E-state index >= 15 is 0 Å². The van der Waals surface area contributed by atoms with Gasteiger partial charge in [0.2, 0.25) is 0 Å². The van der Waals surface area contributed by atoms with Gasteiger partial charge in [0, 0.05) is 23.0 Å². The van der Waals surface area contributed by atoms with Gasteiger partial charge in [0.25, 0.3) is 5.91 Å². The second-order valence-corrected chi connectivity index (χ2v) is 6.37. The highest BCUT2D eigenvalue weighted by Gasteiger charge is 2.17. The highest BCUT2D eigenvalue weighted by molar-refractivity contribution is 6.30. The number of nitrogens with one attached hydrogen (secondary N) is 3. The summed E-state index contributed by atoms with van der Waals surface area (Å²) in [5.74, 6) is -0.139. The number of halogens is 1. The summed E-state index contributed by atoms with van der Waals surface area (Å²) >= 11 is 5.87. The van der Waals surface area contributed by atoms with E-state index in [0.717, 1.165) is 5.56 Å². The monoisotopic (exact) mass is 412 g/mol. The largest absolute Gasteiger partial charge is 0.497 e. The van der Waals surface area contributed by atoms with Crippen LogP contribution in [0.1, 0.15) is 18.9 Å². The molecule has 0 bridgehead atoms. The summed E-state index contributed by atoms with van der Waals surface area (Å²) in [6, 6.07) is 15.0. The number of methoxy groups -OCH3 is 1. The van der Waals surface area contributed by atoms with Gasteiger partial charge >= 0.3 is 6.03 Å². The molecular formula is C21H21ClN4O3. The van der Waals surface area contributed by atoms with Crippen LogP contribution in [-0.4, -0.2) is 19.0 Å². The Kier molecular flexibility index (Phi) is 8.07. The van der Waals surface area contributed by atoms with Gasteiger partial charge in [-0.1, -0.05) is 30.7 Å². The zero-order valence-electron chi connectivity index (χ0n) is 16.1. The number of allylic oxidation sites excluding steroid dienone is 1. The van der Waals surface area contributed by atoms with Gasteiger partial charge < -0.3 is 15.4 Å². The number of carbonyl (C=O) groups excluding carboxylic acids is 2. The number of imide groups is 1. The molecule has 0 spiro atoms. The number of nitrogens with zero attached hydrogens (tertiary/aromatic N) is 1. The zero-order chi connectivity index (χ0) is 21.2. The number of hydrogen-bond donors (Lipinski definition) is 3. The summed E-state index contributed by atoms with van der Waals surface area (Å²) in [6.45, 7) is 2.23. The lowest BCUT2D eigenvalue weighted by Crippen LogP contribution is -2.36. The molecule has 0 saturated carbocycles. The molecule has 0 radical (unpaired) electrons. The molecule has 7 nitrogen and oxygen atoms in total. The van der Waals surface area contributed by atoms with Gasteiger partial charge in [-0.2, -0.15) is 5.26 Å². The lowest BCUT2D eigenvalue weighted by Gasteiger charge is -2.12. The Labute approximate surface area is 174 Å². The summed E-state index contributed by atoms with van der Waals surface area (Å²) in [7, 11) is 1.54. The summed E-state index contributed by atoms with van der Waals surface area (Å²) in [5, 5.41) is 17.8. The number of ether oxygens (including phenoxy) is 1. The standard InChI is InChI=1S/C21H21ClN4O3/c1-3-19(24-13-14-4-6-15(22)7-5-14)18(12-23)20(27)26-21(28)25-16-8-10-17(29-2)11-9-16/h4-11,24H,3,13H2,1-2H3,(H2,25,26,27,28)/b19-18+. The lowest BCUT2D eigenvalue weighted by molar-refractivity contribution is -0.116. The number of rotatable bonds is 7. The van der Waals surface area contributed by atoms with E-state index in [1.54, 1.807) is 36.4 Å². The minimum Gasteiger partial charge on any atom is -0.497 e. The van der Waals surface area contributed by atoms with Crippen LogP contribution in [0.25, 0.3) is 0 Å². The Balaban J connectivity index is 2.02. The van der Waals surface area contributed by atoms with Crippen molar-refractivity contribution in [2.24, 2.45) is 0 Å². The van der Waals surface area contributed by atoms with Crippen molar-refractivity contribution in [3.63, 3.8) is 0 Å². The van der Waals surface area contributed by atoms with Crippen LogP contribution in [0.4, 0.5) is 10.5 Å². The van der Waals surface area contributed by atoms with E-state index in [0.29, 0.717) is 35.1 Å². The van der Waals surface area contributed by atoms with E-state index in [9.17, 15) is 14.9 Å². The molecule has 150 valence electrons. The molecule has 8 heteroatoms. The van der Waals surface area contributed by atoms with Crippen molar-refractivity contribution >= 4 is 29.2 Å². The second-order valence-electron chi connectivity index (χ2n) is 5.94. The third-order valence-electron chi connectivity index (χ3n) is 3.99. The maximum Gasteiger partial charge on any atom is 0.326 e. The van der Waals surface area contributed by atoms with Crippen molar-refractivity contribution in [3.8, 4) is 11.8 Å². The molecule has 0 aliphatic heterocycles. The van der Waals surface area contributed by atoms with E-state index in [1.807, 2.05) is 25.1 Å². The van der Waals surface area contributed by atoms with Crippen molar-refractivity contribution in [3.05, 3.63) is 70.4 Å². The first-order valence-electron chi connectivity index (χ1n) is 8.84. The Hall–Kier alpha value is -3.50. The molecule has 0 aliphatic rings. The summed E-state index contributed by atoms with van der Waals surface area (Å²) < 4.78 is 5.05. The van der Waals surface area contributed by atoms with Crippen LogP contribution in [0.5, 0.6) is 5.75 Å². The molecule has 3 N–H and O–H groups in total. The lowest BCUT2D eigenvalue weighted by atomic mass is 10.1. The molecule has 29 heavy (non-hydrogen) atoms. The molecule has 0 unspecified atom stereocenters. The van der Waals surface area contributed by atoms with Crippen LogP contribution in [0.3, 0.4) is 0 Å². The molecule has 2 rings (SSSR count). The molecular weight excluding hydrogens is 392 g/mol. The first-order valence-corrected chi connectivity index (χ1v) is 9.22. The van der Waals surface area contributed by atoms with Gasteiger partial charge in [0.1, 0.15) is 17.4 Å². The first-order chi connectivity index (χ1) is 14.0. The summed E-state index contributed by atoms with van der Waals surface area (Å²) in [4.78, 5) is 24.5. The molecule has 2 aromatic rings. The highest BCUT2D eigenvalue weighted by Crippen LogP contribution is 2.15. The van der Waals surface area contributed by atoms with Crippen molar-refractivity contribution in [2.45, 2.75) is 19.9 Å². The average Bonchev–Trinajstić information content (AvgIpc) is 2.72. The van der Waals surface area contributed by atoms with Gasteiger partial charge in [-0.25, -0.2) is 4.79 Å². The minimum atomic E-state index is -0.779. The third-order valence-corrected chi connectivity index (χ3v) is 4.24. The molecule has 0 heterocycles. The second kappa shape index (κ2) is 10.7. The minimum absolute atomic E-state index is 0.147. The van der Waals surface area contributed by atoms with Crippen molar-refractivity contribution in [1.29, 1.82) is 5.26 Å². The molecule has 2 aromatic carbocycles. The molecule has 3 amide bonds. The van der Waals surface area contributed by atoms with Crippen molar-refractivity contribution in [1.82, 2.24) is 10.6 Å². The molecule has 0 atom stereocenters. The predicted molar refractivity (Wildman–Crippen MR) is 111 cm³/mol. The first kappa shape index (κ1) is 21.8. The molecule has 0 aliphatic carbocycles. The Morgan fingerprint density at radius 1 is 1.10 bits per heavy atom.